The van der Waals surface area contributed by atoms with Gasteiger partial charge in [0.1, 0.15) is 5.00 Å². The second-order valence-electron chi connectivity index (χ2n) is 7.41. The first kappa shape index (κ1) is 22.3. The van der Waals surface area contributed by atoms with E-state index in [1.165, 1.54) is 13.5 Å². The van der Waals surface area contributed by atoms with E-state index in [9.17, 15) is 14.4 Å². The van der Waals surface area contributed by atoms with Crippen LogP contribution in [0.3, 0.4) is 0 Å². The van der Waals surface area contributed by atoms with Crippen molar-refractivity contribution in [2.75, 3.05) is 12.4 Å². The Labute approximate surface area is 185 Å². The van der Waals surface area contributed by atoms with Gasteiger partial charge >= 0.3 is 5.97 Å². The summed E-state index contributed by atoms with van der Waals surface area (Å²) in [6.07, 6.45) is 5.45. The lowest BCUT2D eigenvalue weighted by atomic mass is 9.95. The molecule has 1 aliphatic rings. The molecule has 0 aliphatic heterocycles. The first-order chi connectivity index (χ1) is 14.4. The van der Waals surface area contributed by atoms with Crippen LogP contribution in [0.4, 0.5) is 5.00 Å². The highest BCUT2D eigenvalue weighted by Crippen LogP contribution is 2.34. The van der Waals surface area contributed by atoms with Gasteiger partial charge < -0.3 is 15.4 Å². The Balaban J connectivity index is 1.79. The first-order valence-corrected chi connectivity index (χ1v) is 11.2. The molecule has 1 saturated carbocycles. The maximum atomic E-state index is 12.8. The molecule has 30 heavy (non-hydrogen) atoms. The maximum absolute atomic E-state index is 12.8. The van der Waals surface area contributed by atoms with Crippen LogP contribution in [-0.2, 0) is 16.0 Å². The SMILES string of the molecule is COC(=O)c1c(NC(=O)Cc2ccc(Cl)cc2)sc(C(=O)NC2CCCCC2)c1C. The predicted octanol–water partition coefficient (Wildman–Crippen LogP) is 4.74. The number of amides is 2. The third-order valence-corrected chi connectivity index (χ3v) is 6.67. The van der Waals surface area contributed by atoms with Gasteiger partial charge in [-0.1, -0.05) is 43.0 Å². The summed E-state index contributed by atoms with van der Waals surface area (Å²) >= 11 is 6.98. The Morgan fingerprint density at radius 3 is 2.43 bits per heavy atom. The van der Waals surface area contributed by atoms with E-state index in [4.69, 9.17) is 16.3 Å². The Morgan fingerprint density at radius 1 is 1.13 bits per heavy atom. The molecule has 1 aromatic heterocycles. The number of esters is 1. The molecule has 2 N–H and O–H groups in total. The molecule has 0 bridgehead atoms. The van der Waals surface area contributed by atoms with Crippen LogP contribution < -0.4 is 10.6 Å². The predicted molar refractivity (Wildman–Crippen MR) is 119 cm³/mol. The maximum Gasteiger partial charge on any atom is 0.341 e. The third-order valence-electron chi connectivity index (χ3n) is 5.21. The van der Waals surface area contributed by atoms with Gasteiger partial charge in [-0.15, -0.1) is 11.3 Å². The van der Waals surface area contributed by atoms with Crippen LogP contribution >= 0.6 is 22.9 Å². The molecule has 0 radical (unpaired) electrons. The molecule has 1 aromatic carbocycles. The van der Waals surface area contributed by atoms with Crippen molar-refractivity contribution in [2.24, 2.45) is 0 Å². The first-order valence-electron chi connectivity index (χ1n) is 9.96. The number of hydrogen-bond donors (Lipinski definition) is 2. The highest BCUT2D eigenvalue weighted by atomic mass is 35.5. The number of carbonyl (C=O) groups is 3. The van der Waals surface area contributed by atoms with Crippen LogP contribution in [0, 0.1) is 6.92 Å². The van der Waals surface area contributed by atoms with Gasteiger partial charge in [0, 0.05) is 11.1 Å². The van der Waals surface area contributed by atoms with Gasteiger partial charge in [-0.3, -0.25) is 9.59 Å². The zero-order valence-electron chi connectivity index (χ0n) is 17.0. The molecule has 2 amide bonds. The number of anilines is 1. The third kappa shape index (κ3) is 5.40. The highest BCUT2D eigenvalue weighted by Gasteiger charge is 2.27. The van der Waals surface area contributed by atoms with Crippen LogP contribution in [0.15, 0.2) is 24.3 Å². The minimum atomic E-state index is -0.581. The zero-order chi connectivity index (χ0) is 21.7. The number of ether oxygens (including phenoxy) is 1. The Hall–Kier alpha value is -2.38. The summed E-state index contributed by atoms with van der Waals surface area (Å²) in [5, 5.41) is 6.76. The van der Waals surface area contributed by atoms with Crippen molar-refractivity contribution in [2.45, 2.75) is 51.5 Å². The van der Waals surface area contributed by atoms with Crippen molar-refractivity contribution < 1.29 is 19.1 Å². The van der Waals surface area contributed by atoms with E-state index >= 15 is 0 Å². The Morgan fingerprint density at radius 2 is 1.80 bits per heavy atom. The number of rotatable bonds is 6. The molecule has 160 valence electrons. The average Bonchev–Trinajstić information content (AvgIpc) is 3.05. The summed E-state index contributed by atoms with van der Waals surface area (Å²) in [6.45, 7) is 1.70. The van der Waals surface area contributed by atoms with Crippen molar-refractivity contribution in [3.63, 3.8) is 0 Å². The quantitative estimate of drug-likeness (QED) is 0.625. The highest BCUT2D eigenvalue weighted by molar-refractivity contribution is 7.18. The fourth-order valence-electron chi connectivity index (χ4n) is 3.62. The molecule has 0 atom stereocenters. The molecule has 1 heterocycles. The van der Waals surface area contributed by atoms with Crippen LogP contribution in [-0.4, -0.2) is 30.9 Å². The van der Waals surface area contributed by atoms with Crippen LogP contribution in [0.25, 0.3) is 0 Å². The van der Waals surface area contributed by atoms with E-state index in [0.29, 0.717) is 20.5 Å². The van der Waals surface area contributed by atoms with Crippen LogP contribution in [0.5, 0.6) is 0 Å². The summed E-state index contributed by atoms with van der Waals surface area (Å²) in [5.74, 6) is -1.09. The molecule has 0 unspecified atom stereocenters. The molecule has 3 rings (SSSR count). The van der Waals surface area contributed by atoms with Crippen molar-refractivity contribution in [3.05, 3.63) is 50.9 Å². The van der Waals surface area contributed by atoms with Gasteiger partial charge in [-0.2, -0.15) is 0 Å². The number of carbonyl (C=O) groups excluding carboxylic acids is 3. The van der Waals surface area contributed by atoms with Crippen LogP contribution in [0.1, 0.15) is 63.3 Å². The van der Waals surface area contributed by atoms with Gasteiger partial charge in [0.2, 0.25) is 5.91 Å². The summed E-state index contributed by atoms with van der Waals surface area (Å²) < 4.78 is 4.88. The summed E-state index contributed by atoms with van der Waals surface area (Å²) in [5.41, 5.74) is 1.53. The minimum Gasteiger partial charge on any atom is -0.465 e. The molecular weight excluding hydrogens is 424 g/mol. The van der Waals surface area contributed by atoms with E-state index in [-0.39, 0.29) is 29.8 Å². The van der Waals surface area contributed by atoms with Crippen LogP contribution in [0.2, 0.25) is 5.02 Å². The second-order valence-corrected chi connectivity index (χ2v) is 8.87. The molecule has 8 heteroatoms. The monoisotopic (exact) mass is 448 g/mol. The van der Waals surface area contributed by atoms with Gasteiger partial charge in [-0.25, -0.2) is 4.79 Å². The lowest BCUT2D eigenvalue weighted by molar-refractivity contribution is -0.115. The molecular formula is C22H25ClN2O4S. The summed E-state index contributed by atoms with van der Waals surface area (Å²) in [4.78, 5) is 38.2. The molecule has 0 saturated heterocycles. The molecule has 1 aliphatic carbocycles. The summed E-state index contributed by atoms with van der Waals surface area (Å²) in [6, 6.07) is 7.12. The van der Waals surface area contributed by atoms with E-state index in [2.05, 4.69) is 10.6 Å². The molecule has 1 fully saturated rings. The fourth-order valence-corrected chi connectivity index (χ4v) is 4.86. The van der Waals surface area contributed by atoms with Crippen molar-refractivity contribution in [3.8, 4) is 0 Å². The van der Waals surface area contributed by atoms with Gasteiger partial charge in [0.15, 0.2) is 0 Å². The molecule has 0 spiro atoms. The largest absolute Gasteiger partial charge is 0.465 e. The average molecular weight is 449 g/mol. The van der Waals surface area contributed by atoms with Gasteiger partial charge in [0.25, 0.3) is 5.91 Å². The summed E-state index contributed by atoms with van der Waals surface area (Å²) in [7, 11) is 1.28. The number of methoxy groups -OCH3 is 1. The van der Waals surface area contributed by atoms with Gasteiger partial charge in [-0.05, 0) is 43.0 Å². The Bertz CT molecular complexity index is 933. The van der Waals surface area contributed by atoms with Crippen molar-refractivity contribution in [1.82, 2.24) is 5.32 Å². The normalized spacial score (nSPS) is 14.2. The standard InChI is InChI=1S/C22H25ClN2O4S/c1-13-18(22(28)29-2)21(25-17(26)12-14-8-10-15(23)11-9-14)30-19(13)20(27)24-16-6-4-3-5-7-16/h8-11,16H,3-7,12H2,1-2H3,(H,24,27)(H,25,26). The minimum absolute atomic E-state index is 0.123. The van der Waals surface area contributed by atoms with E-state index in [0.717, 1.165) is 42.6 Å². The number of hydrogen-bond acceptors (Lipinski definition) is 5. The molecule has 6 nitrogen and oxygen atoms in total. The van der Waals surface area contributed by atoms with E-state index < -0.39 is 5.97 Å². The lowest BCUT2D eigenvalue weighted by Crippen LogP contribution is -2.36. The number of nitrogens with one attached hydrogen (secondary N) is 2. The van der Waals surface area contributed by atoms with Crippen molar-refractivity contribution in [1.29, 1.82) is 0 Å². The zero-order valence-corrected chi connectivity index (χ0v) is 18.6. The fraction of sp³-hybridized carbons (Fsp3) is 0.409. The number of benzene rings is 1. The smallest absolute Gasteiger partial charge is 0.341 e. The number of thiophene rings is 1. The Kier molecular flexibility index (Phi) is 7.50. The van der Waals surface area contributed by atoms with E-state index in [1.807, 2.05) is 0 Å². The lowest BCUT2D eigenvalue weighted by Gasteiger charge is -2.22. The second kappa shape index (κ2) is 10.1. The van der Waals surface area contributed by atoms with Crippen molar-refractivity contribution >= 4 is 45.7 Å². The van der Waals surface area contributed by atoms with Gasteiger partial charge in [0.05, 0.1) is 24.0 Å². The number of halogens is 1. The molecule has 2 aromatic rings. The topological polar surface area (TPSA) is 84.5 Å². The van der Waals surface area contributed by atoms with E-state index in [1.54, 1.807) is 31.2 Å².